The van der Waals surface area contributed by atoms with Crippen molar-refractivity contribution >= 4 is 15.9 Å². The minimum absolute atomic E-state index is 0.0798. The van der Waals surface area contributed by atoms with Gasteiger partial charge in [-0.15, -0.1) is 0 Å². The van der Waals surface area contributed by atoms with Crippen LogP contribution in [0.3, 0.4) is 0 Å². The highest BCUT2D eigenvalue weighted by molar-refractivity contribution is 9.10. The molecular formula is C9H11BrFNO2. The number of rotatable bonds is 3. The molecule has 0 unspecified atom stereocenters. The summed E-state index contributed by atoms with van der Waals surface area (Å²) in [6.07, 6.45) is 0. The van der Waals surface area contributed by atoms with Gasteiger partial charge >= 0.3 is 0 Å². The van der Waals surface area contributed by atoms with E-state index < -0.39 is 5.82 Å². The molecule has 14 heavy (non-hydrogen) atoms. The van der Waals surface area contributed by atoms with Gasteiger partial charge in [-0.05, 0) is 6.07 Å². The summed E-state index contributed by atoms with van der Waals surface area (Å²) in [5.74, 6) is -0.0635. The quantitative estimate of drug-likeness (QED) is 0.908. The Morgan fingerprint density at radius 3 is 2.50 bits per heavy atom. The minimum Gasteiger partial charge on any atom is -0.493 e. The average Bonchev–Trinajstić information content (AvgIpc) is 2.17. The molecule has 1 aromatic carbocycles. The average molecular weight is 264 g/mol. The third kappa shape index (κ3) is 1.83. The molecule has 1 rings (SSSR count). The van der Waals surface area contributed by atoms with E-state index in [2.05, 4.69) is 15.9 Å². The van der Waals surface area contributed by atoms with E-state index in [0.717, 1.165) is 0 Å². The van der Waals surface area contributed by atoms with E-state index >= 15 is 0 Å². The molecule has 0 atom stereocenters. The fraction of sp³-hybridized carbons (Fsp3) is 0.333. The van der Waals surface area contributed by atoms with E-state index in [1.165, 1.54) is 14.2 Å². The summed E-state index contributed by atoms with van der Waals surface area (Å²) in [5, 5.41) is 0. The van der Waals surface area contributed by atoms with Gasteiger partial charge in [0.05, 0.1) is 14.2 Å². The molecule has 0 heterocycles. The van der Waals surface area contributed by atoms with Gasteiger partial charge in [-0.2, -0.15) is 0 Å². The van der Waals surface area contributed by atoms with Crippen LogP contribution in [0.5, 0.6) is 11.5 Å². The Kier molecular flexibility index (Phi) is 3.71. The first-order valence-electron chi connectivity index (χ1n) is 3.94. The van der Waals surface area contributed by atoms with E-state index in [1.807, 2.05) is 0 Å². The van der Waals surface area contributed by atoms with Crippen LogP contribution in [0.1, 0.15) is 5.56 Å². The topological polar surface area (TPSA) is 44.5 Å². The lowest BCUT2D eigenvalue weighted by atomic mass is 10.2. The van der Waals surface area contributed by atoms with Gasteiger partial charge in [0, 0.05) is 16.6 Å². The summed E-state index contributed by atoms with van der Waals surface area (Å²) >= 11 is 3.21. The normalized spacial score (nSPS) is 10.1. The van der Waals surface area contributed by atoms with Gasteiger partial charge in [0.1, 0.15) is 0 Å². The first kappa shape index (κ1) is 11.3. The number of methoxy groups -OCH3 is 2. The molecule has 0 bridgehead atoms. The van der Waals surface area contributed by atoms with Crippen molar-refractivity contribution in [3.05, 3.63) is 21.9 Å². The Morgan fingerprint density at radius 1 is 1.43 bits per heavy atom. The lowest BCUT2D eigenvalue weighted by molar-refractivity contribution is 0.335. The van der Waals surface area contributed by atoms with Crippen molar-refractivity contribution in [3.8, 4) is 11.5 Å². The van der Waals surface area contributed by atoms with Crippen LogP contribution in [-0.4, -0.2) is 14.2 Å². The second-order valence-electron chi connectivity index (χ2n) is 2.59. The number of halogens is 2. The van der Waals surface area contributed by atoms with Crippen molar-refractivity contribution in [1.82, 2.24) is 0 Å². The zero-order valence-electron chi connectivity index (χ0n) is 7.93. The van der Waals surface area contributed by atoms with Crippen molar-refractivity contribution in [2.45, 2.75) is 6.54 Å². The molecule has 0 saturated carbocycles. The van der Waals surface area contributed by atoms with E-state index in [0.29, 0.717) is 15.8 Å². The van der Waals surface area contributed by atoms with Crippen LogP contribution >= 0.6 is 15.9 Å². The van der Waals surface area contributed by atoms with Crippen molar-refractivity contribution < 1.29 is 13.9 Å². The van der Waals surface area contributed by atoms with Crippen molar-refractivity contribution in [1.29, 1.82) is 0 Å². The molecule has 0 radical (unpaired) electrons. The van der Waals surface area contributed by atoms with Crippen LogP contribution in [-0.2, 0) is 6.54 Å². The number of ether oxygens (including phenoxy) is 2. The summed E-state index contributed by atoms with van der Waals surface area (Å²) < 4.78 is 24.1. The monoisotopic (exact) mass is 263 g/mol. The van der Waals surface area contributed by atoms with Gasteiger partial charge in [0.25, 0.3) is 0 Å². The third-order valence-electron chi connectivity index (χ3n) is 1.86. The summed E-state index contributed by atoms with van der Waals surface area (Å²) in [6, 6.07) is 1.63. The lowest BCUT2D eigenvalue weighted by Gasteiger charge is -2.12. The standard InChI is InChI=1S/C9H11BrFNO2/c1-13-7-3-6(10)5(4-12)8(11)9(7)14-2/h3H,4,12H2,1-2H3. The number of benzene rings is 1. The molecule has 0 amide bonds. The lowest BCUT2D eigenvalue weighted by Crippen LogP contribution is -2.04. The van der Waals surface area contributed by atoms with Gasteiger partial charge in [-0.25, -0.2) is 4.39 Å². The molecule has 1 aromatic rings. The Morgan fingerprint density at radius 2 is 2.07 bits per heavy atom. The maximum Gasteiger partial charge on any atom is 0.197 e. The fourth-order valence-electron chi connectivity index (χ4n) is 1.15. The van der Waals surface area contributed by atoms with Gasteiger partial charge in [0.15, 0.2) is 17.3 Å². The zero-order chi connectivity index (χ0) is 10.7. The minimum atomic E-state index is -0.485. The molecular weight excluding hydrogens is 253 g/mol. The van der Waals surface area contributed by atoms with Crippen molar-refractivity contribution in [2.75, 3.05) is 14.2 Å². The Labute approximate surface area is 90.1 Å². The van der Waals surface area contributed by atoms with Crippen LogP contribution in [0.25, 0.3) is 0 Å². The van der Waals surface area contributed by atoms with Crippen LogP contribution in [0.2, 0.25) is 0 Å². The SMILES string of the molecule is COc1cc(Br)c(CN)c(F)c1OC. The number of hydrogen-bond donors (Lipinski definition) is 1. The summed E-state index contributed by atoms with van der Waals surface area (Å²) in [7, 11) is 2.83. The van der Waals surface area contributed by atoms with E-state index in [9.17, 15) is 4.39 Å². The van der Waals surface area contributed by atoms with E-state index in [-0.39, 0.29) is 12.3 Å². The van der Waals surface area contributed by atoms with Crippen molar-refractivity contribution in [2.24, 2.45) is 5.73 Å². The van der Waals surface area contributed by atoms with Crippen LogP contribution < -0.4 is 15.2 Å². The van der Waals surface area contributed by atoms with Crippen LogP contribution in [0, 0.1) is 5.82 Å². The smallest absolute Gasteiger partial charge is 0.197 e. The summed E-state index contributed by atoms with van der Waals surface area (Å²) in [4.78, 5) is 0. The highest BCUT2D eigenvalue weighted by Crippen LogP contribution is 2.36. The molecule has 0 aliphatic heterocycles. The Bertz CT molecular complexity index is 344. The maximum absolute atomic E-state index is 13.7. The maximum atomic E-state index is 13.7. The number of hydrogen-bond acceptors (Lipinski definition) is 3. The molecule has 0 aliphatic carbocycles. The first-order valence-corrected chi connectivity index (χ1v) is 4.73. The van der Waals surface area contributed by atoms with Gasteiger partial charge < -0.3 is 15.2 Å². The highest BCUT2D eigenvalue weighted by Gasteiger charge is 2.17. The molecule has 78 valence electrons. The first-order chi connectivity index (χ1) is 6.65. The van der Waals surface area contributed by atoms with Crippen LogP contribution in [0.15, 0.2) is 10.5 Å². The zero-order valence-corrected chi connectivity index (χ0v) is 9.52. The van der Waals surface area contributed by atoms with Gasteiger partial charge in [-0.1, -0.05) is 15.9 Å². The fourth-order valence-corrected chi connectivity index (χ4v) is 1.69. The molecule has 0 aromatic heterocycles. The Hall–Kier alpha value is -0.810. The second kappa shape index (κ2) is 4.61. The molecule has 2 N–H and O–H groups in total. The predicted octanol–water partition coefficient (Wildman–Crippen LogP) is 2.06. The van der Waals surface area contributed by atoms with E-state index in [1.54, 1.807) is 6.07 Å². The summed E-state index contributed by atoms with van der Waals surface area (Å²) in [6.45, 7) is 0.104. The second-order valence-corrected chi connectivity index (χ2v) is 3.44. The highest BCUT2D eigenvalue weighted by atomic mass is 79.9. The van der Waals surface area contributed by atoms with Crippen molar-refractivity contribution in [3.63, 3.8) is 0 Å². The molecule has 5 heteroatoms. The molecule has 0 aliphatic rings. The predicted molar refractivity (Wildman–Crippen MR) is 55.1 cm³/mol. The van der Waals surface area contributed by atoms with E-state index in [4.69, 9.17) is 15.2 Å². The van der Waals surface area contributed by atoms with Crippen LogP contribution in [0.4, 0.5) is 4.39 Å². The number of nitrogens with two attached hydrogens (primary N) is 1. The molecule has 3 nitrogen and oxygen atoms in total. The molecule has 0 saturated heterocycles. The largest absolute Gasteiger partial charge is 0.493 e. The molecule has 0 spiro atoms. The molecule has 0 fully saturated rings. The summed E-state index contributed by atoms with van der Waals surface area (Å²) in [5.41, 5.74) is 5.78. The van der Waals surface area contributed by atoms with Gasteiger partial charge in [0.2, 0.25) is 0 Å². The Balaban J connectivity index is 3.39. The third-order valence-corrected chi connectivity index (χ3v) is 2.57. The van der Waals surface area contributed by atoms with Gasteiger partial charge in [-0.3, -0.25) is 0 Å².